The lowest BCUT2D eigenvalue weighted by atomic mass is 10.0. The highest BCUT2D eigenvalue weighted by atomic mass is 32.2. The van der Waals surface area contributed by atoms with Gasteiger partial charge in [0.25, 0.3) is 5.91 Å². The topological polar surface area (TPSA) is 80.6 Å². The number of rotatable bonds is 6. The number of amides is 1. The SMILES string of the molecule is COc1ccc(CNC(=O)c2cc(S(=O)(=O)N3CCC(C)CC3)cn2C)cc1. The van der Waals surface area contributed by atoms with Crippen LogP contribution >= 0.6 is 0 Å². The maximum Gasteiger partial charge on any atom is 0.268 e. The monoisotopic (exact) mass is 405 g/mol. The average Bonchev–Trinajstić information content (AvgIpc) is 3.09. The number of ether oxygens (including phenoxy) is 1. The van der Waals surface area contributed by atoms with Crippen molar-refractivity contribution >= 4 is 15.9 Å². The van der Waals surface area contributed by atoms with Crippen LogP contribution in [0.2, 0.25) is 0 Å². The van der Waals surface area contributed by atoms with Crippen molar-refractivity contribution in [2.75, 3.05) is 20.2 Å². The second-order valence-electron chi connectivity index (χ2n) is 7.29. The van der Waals surface area contributed by atoms with Crippen LogP contribution in [0.5, 0.6) is 5.75 Å². The summed E-state index contributed by atoms with van der Waals surface area (Å²) in [5.74, 6) is 0.980. The minimum Gasteiger partial charge on any atom is -0.497 e. The Kier molecular flexibility index (Phi) is 6.10. The lowest BCUT2D eigenvalue weighted by molar-refractivity contribution is 0.0942. The first kappa shape index (κ1) is 20.4. The number of nitrogens with zero attached hydrogens (tertiary/aromatic N) is 2. The third-order valence-electron chi connectivity index (χ3n) is 5.20. The normalized spacial score (nSPS) is 16.1. The Balaban J connectivity index is 1.69. The molecule has 0 saturated carbocycles. The first-order valence-electron chi connectivity index (χ1n) is 9.39. The highest BCUT2D eigenvalue weighted by molar-refractivity contribution is 7.89. The Labute approximate surface area is 166 Å². The molecular formula is C20H27N3O4S. The van der Waals surface area contributed by atoms with E-state index in [9.17, 15) is 13.2 Å². The van der Waals surface area contributed by atoms with E-state index in [1.165, 1.54) is 16.6 Å². The van der Waals surface area contributed by atoms with Gasteiger partial charge in [0, 0.05) is 32.9 Å². The lowest BCUT2D eigenvalue weighted by Gasteiger charge is -2.29. The zero-order valence-electron chi connectivity index (χ0n) is 16.5. The molecule has 1 saturated heterocycles. The molecule has 0 radical (unpaired) electrons. The van der Waals surface area contributed by atoms with Gasteiger partial charge >= 0.3 is 0 Å². The van der Waals surface area contributed by atoms with Crippen molar-refractivity contribution in [1.82, 2.24) is 14.2 Å². The van der Waals surface area contributed by atoms with Crippen LogP contribution in [0.3, 0.4) is 0 Å². The fourth-order valence-corrected chi connectivity index (χ4v) is 4.83. The van der Waals surface area contributed by atoms with Crippen LogP contribution in [0.25, 0.3) is 0 Å². The van der Waals surface area contributed by atoms with Crippen molar-refractivity contribution in [2.45, 2.75) is 31.2 Å². The van der Waals surface area contributed by atoms with Gasteiger partial charge in [-0.3, -0.25) is 4.79 Å². The van der Waals surface area contributed by atoms with E-state index in [1.807, 2.05) is 24.3 Å². The summed E-state index contributed by atoms with van der Waals surface area (Å²) in [6.07, 6.45) is 3.23. The first-order chi connectivity index (χ1) is 13.3. The summed E-state index contributed by atoms with van der Waals surface area (Å²) in [4.78, 5) is 12.7. The molecule has 1 N–H and O–H groups in total. The van der Waals surface area contributed by atoms with Crippen molar-refractivity contribution < 1.29 is 17.9 Å². The summed E-state index contributed by atoms with van der Waals surface area (Å²) < 4.78 is 34.0. The predicted molar refractivity (Wildman–Crippen MR) is 107 cm³/mol. The van der Waals surface area contributed by atoms with Crippen LogP contribution < -0.4 is 10.1 Å². The van der Waals surface area contributed by atoms with E-state index in [1.54, 1.807) is 18.7 Å². The molecule has 152 valence electrons. The molecule has 1 amide bonds. The van der Waals surface area contributed by atoms with Crippen molar-refractivity contribution in [3.63, 3.8) is 0 Å². The molecule has 1 aliphatic rings. The second kappa shape index (κ2) is 8.36. The van der Waals surface area contributed by atoms with Gasteiger partial charge in [0.15, 0.2) is 0 Å². The Hall–Kier alpha value is -2.32. The molecule has 1 aromatic carbocycles. The molecule has 0 spiro atoms. The maximum absolute atomic E-state index is 12.9. The van der Waals surface area contributed by atoms with E-state index in [0.717, 1.165) is 24.2 Å². The van der Waals surface area contributed by atoms with Gasteiger partial charge in [-0.05, 0) is 42.5 Å². The van der Waals surface area contributed by atoms with Crippen molar-refractivity contribution in [1.29, 1.82) is 0 Å². The van der Waals surface area contributed by atoms with Gasteiger partial charge in [-0.2, -0.15) is 4.31 Å². The molecule has 2 heterocycles. The van der Waals surface area contributed by atoms with Gasteiger partial charge in [-0.25, -0.2) is 8.42 Å². The standard InChI is InChI=1S/C20H27N3O4S/c1-15-8-10-23(11-9-15)28(25,26)18-12-19(22(2)14-18)20(24)21-13-16-4-6-17(27-3)7-5-16/h4-7,12,14-15H,8-11,13H2,1-3H3,(H,21,24). The van der Waals surface area contributed by atoms with E-state index in [-0.39, 0.29) is 10.8 Å². The Morgan fingerprint density at radius 2 is 1.86 bits per heavy atom. The molecule has 1 aliphatic heterocycles. The number of hydrogen-bond acceptors (Lipinski definition) is 4. The van der Waals surface area contributed by atoms with E-state index < -0.39 is 10.0 Å². The van der Waals surface area contributed by atoms with Crippen LogP contribution in [-0.2, 0) is 23.6 Å². The predicted octanol–water partition coefficient (Wildman–Crippen LogP) is 2.38. The second-order valence-corrected chi connectivity index (χ2v) is 9.23. The number of carbonyl (C=O) groups is 1. The maximum atomic E-state index is 12.9. The summed E-state index contributed by atoms with van der Waals surface area (Å²) in [6.45, 7) is 3.53. The number of piperidine rings is 1. The molecule has 7 nitrogen and oxygen atoms in total. The molecule has 1 fully saturated rings. The number of sulfonamides is 1. The Bertz CT molecular complexity index is 927. The van der Waals surface area contributed by atoms with Crippen LogP contribution in [-0.4, -0.2) is 43.4 Å². The lowest BCUT2D eigenvalue weighted by Crippen LogP contribution is -2.37. The van der Waals surface area contributed by atoms with E-state index in [2.05, 4.69) is 12.2 Å². The first-order valence-corrected chi connectivity index (χ1v) is 10.8. The van der Waals surface area contributed by atoms with Crippen molar-refractivity contribution in [2.24, 2.45) is 13.0 Å². The van der Waals surface area contributed by atoms with Gasteiger partial charge in [-0.1, -0.05) is 19.1 Å². The molecule has 2 aromatic rings. The van der Waals surface area contributed by atoms with Gasteiger partial charge in [0.05, 0.1) is 7.11 Å². The average molecular weight is 406 g/mol. The fourth-order valence-electron chi connectivity index (χ4n) is 3.29. The van der Waals surface area contributed by atoms with Crippen LogP contribution in [0.15, 0.2) is 41.4 Å². The molecule has 28 heavy (non-hydrogen) atoms. The largest absolute Gasteiger partial charge is 0.497 e. The summed E-state index contributed by atoms with van der Waals surface area (Å²) in [5, 5.41) is 2.83. The number of aryl methyl sites for hydroxylation is 1. The number of methoxy groups -OCH3 is 1. The van der Waals surface area contributed by atoms with Crippen molar-refractivity contribution in [3.8, 4) is 5.75 Å². The number of nitrogens with one attached hydrogen (secondary N) is 1. The van der Waals surface area contributed by atoms with E-state index in [4.69, 9.17) is 4.74 Å². The molecule has 8 heteroatoms. The number of aromatic nitrogens is 1. The number of hydrogen-bond donors (Lipinski definition) is 1. The summed E-state index contributed by atoms with van der Waals surface area (Å²) in [6, 6.07) is 8.85. The molecule has 1 aromatic heterocycles. The quantitative estimate of drug-likeness (QED) is 0.800. The van der Waals surface area contributed by atoms with Gasteiger partial charge in [-0.15, -0.1) is 0 Å². The van der Waals surface area contributed by atoms with E-state index >= 15 is 0 Å². The highest BCUT2D eigenvalue weighted by Crippen LogP contribution is 2.24. The molecular weight excluding hydrogens is 378 g/mol. The minimum absolute atomic E-state index is 0.166. The molecule has 0 aliphatic carbocycles. The molecule has 0 unspecified atom stereocenters. The summed E-state index contributed by atoms with van der Waals surface area (Å²) >= 11 is 0. The summed E-state index contributed by atoms with van der Waals surface area (Å²) in [5.41, 5.74) is 1.25. The molecule has 0 bridgehead atoms. The fraction of sp³-hybridized carbons (Fsp3) is 0.450. The Morgan fingerprint density at radius 1 is 1.21 bits per heavy atom. The zero-order valence-corrected chi connectivity index (χ0v) is 17.3. The number of carbonyl (C=O) groups excluding carboxylic acids is 1. The zero-order chi connectivity index (χ0) is 20.3. The van der Waals surface area contributed by atoms with Crippen LogP contribution in [0, 0.1) is 5.92 Å². The summed E-state index contributed by atoms with van der Waals surface area (Å²) in [7, 11) is -0.297. The number of benzene rings is 1. The smallest absolute Gasteiger partial charge is 0.268 e. The molecule has 0 atom stereocenters. The van der Waals surface area contributed by atoms with Crippen molar-refractivity contribution in [3.05, 3.63) is 47.8 Å². The third-order valence-corrected chi connectivity index (χ3v) is 7.07. The Morgan fingerprint density at radius 3 is 2.46 bits per heavy atom. The van der Waals surface area contributed by atoms with Gasteiger partial charge in [0.1, 0.15) is 16.3 Å². The van der Waals surface area contributed by atoms with Crippen LogP contribution in [0.4, 0.5) is 0 Å². The highest BCUT2D eigenvalue weighted by Gasteiger charge is 2.30. The van der Waals surface area contributed by atoms with Crippen LogP contribution in [0.1, 0.15) is 35.8 Å². The van der Waals surface area contributed by atoms with E-state index in [0.29, 0.717) is 31.2 Å². The third kappa shape index (κ3) is 4.39. The molecule has 3 rings (SSSR count). The van der Waals surface area contributed by atoms with Gasteiger partial charge < -0.3 is 14.6 Å². The van der Waals surface area contributed by atoms with Gasteiger partial charge in [0.2, 0.25) is 10.0 Å². The minimum atomic E-state index is -3.58.